The Hall–Kier alpha value is -3.54. The molecule has 3 aromatic rings. The molecule has 1 unspecified atom stereocenters. The Balaban J connectivity index is 1.12. The van der Waals surface area contributed by atoms with Crippen molar-refractivity contribution in [1.29, 1.82) is 0 Å². The van der Waals surface area contributed by atoms with Gasteiger partial charge in [-0.1, -0.05) is 6.07 Å². The van der Waals surface area contributed by atoms with Crippen molar-refractivity contribution in [3.05, 3.63) is 66.0 Å². The zero-order valence-electron chi connectivity index (χ0n) is 23.6. The predicted octanol–water partition coefficient (Wildman–Crippen LogP) is 4.61. The number of nitrogens with zero attached hydrogens (tertiary/aromatic N) is 6. The summed E-state index contributed by atoms with van der Waals surface area (Å²) in [5.74, 6) is 0.0558. The van der Waals surface area contributed by atoms with E-state index in [4.69, 9.17) is 9.57 Å². The van der Waals surface area contributed by atoms with E-state index in [-0.39, 0.29) is 6.04 Å². The second-order valence-electron chi connectivity index (χ2n) is 11.0. The fraction of sp³-hybridized carbons (Fsp3) is 0.467. The number of halogens is 2. The summed E-state index contributed by atoms with van der Waals surface area (Å²) in [6.07, 6.45) is 4.41. The van der Waals surface area contributed by atoms with Gasteiger partial charge in [-0.25, -0.2) is 23.8 Å². The average Bonchev–Trinajstić information content (AvgIpc) is 3.50. The number of rotatable bonds is 7. The number of anilines is 4. The minimum absolute atomic E-state index is 0.290. The van der Waals surface area contributed by atoms with Crippen molar-refractivity contribution in [2.45, 2.75) is 31.3 Å². The van der Waals surface area contributed by atoms with Gasteiger partial charge in [0.15, 0.2) is 17.5 Å². The molecule has 3 fully saturated rings. The number of hydroxylamine groups is 1. The zero-order chi connectivity index (χ0) is 28.3. The molecule has 9 nitrogen and oxygen atoms in total. The molecule has 0 aliphatic carbocycles. The molecule has 0 saturated carbocycles. The van der Waals surface area contributed by atoms with Gasteiger partial charge in [0.05, 0.1) is 25.4 Å². The van der Waals surface area contributed by atoms with Crippen LogP contribution in [-0.4, -0.2) is 85.8 Å². The Morgan fingerprint density at radius 1 is 0.902 bits per heavy atom. The van der Waals surface area contributed by atoms with Crippen LogP contribution in [0, 0.1) is 11.6 Å². The van der Waals surface area contributed by atoms with Crippen molar-refractivity contribution >= 4 is 23.0 Å². The molecule has 0 spiro atoms. The molecule has 218 valence electrons. The monoisotopic (exact) mass is 565 g/mol. The minimum Gasteiger partial charge on any atom is -0.494 e. The van der Waals surface area contributed by atoms with Crippen molar-refractivity contribution in [2.24, 2.45) is 0 Å². The van der Waals surface area contributed by atoms with Gasteiger partial charge in [0.25, 0.3) is 0 Å². The molecule has 0 radical (unpaired) electrons. The number of hydrogen-bond acceptors (Lipinski definition) is 9. The molecule has 0 bridgehead atoms. The van der Waals surface area contributed by atoms with E-state index in [0.29, 0.717) is 36.3 Å². The SMILES string of the molecule is COc1cc(N2CCC(N3CCN(C)CC3)CC2)ccc1Nc1cc(N2OCCC2c2ccc(F)c(F)c2)ncn1. The highest BCUT2D eigenvalue weighted by Gasteiger charge is 2.30. The fourth-order valence-corrected chi connectivity index (χ4v) is 6.05. The molecule has 2 aromatic carbocycles. The lowest BCUT2D eigenvalue weighted by molar-refractivity contribution is 0.0982. The van der Waals surface area contributed by atoms with Gasteiger partial charge in [0.2, 0.25) is 0 Å². The molecule has 1 aromatic heterocycles. The summed E-state index contributed by atoms with van der Waals surface area (Å²) in [6, 6.07) is 12.3. The number of nitrogens with one attached hydrogen (secondary N) is 1. The normalized spacial score (nSPS) is 20.9. The summed E-state index contributed by atoms with van der Waals surface area (Å²) in [5, 5.41) is 4.98. The third kappa shape index (κ3) is 6.07. The molecule has 1 N–H and O–H groups in total. The lowest BCUT2D eigenvalue weighted by Crippen LogP contribution is -2.52. The van der Waals surface area contributed by atoms with Gasteiger partial charge in [0, 0.05) is 69.6 Å². The maximum absolute atomic E-state index is 13.9. The van der Waals surface area contributed by atoms with Crippen LogP contribution in [0.3, 0.4) is 0 Å². The van der Waals surface area contributed by atoms with Crippen LogP contribution < -0.4 is 20.0 Å². The maximum atomic E-state index is 13.9. The van der Waals surface area contributed by atoms with Crippen molar-refractivity contribution in [1.82, 2.24) is 19.8 Å². The Labute approximate surface area is 239 Å². The van der Waals surface area contributed by atoms with Crippen LogP contribution in [0.2, 0.25) is 0 Å². The first-order valence-electron chi connectivity index (χ1n) is 14.3. The van der Waals surface area contributed by atoms with Gasteiger partial charge in [-0.15, -0.1) is 0 Å². The van der Waals surface area contributed by atoms with Gasteiger partial charge in [-0.3, -0.25) is 9.74 Å². The van der Waals surface area contributed by atoms with Crippen LogP contribution in [0.15, 0.2) is 48.8 Å². The molecular weight excluding hydrogens is 528 g/mol. The highest BCUT2D eigenvalue weighted by Crippen LogP contribution is 2.37. The van der Waals surface area contributed by atoms with E-state index in [0.717, 1.165) is 62.5 Å². The number of piperidine rings is 1. The van der Waals surface area contributed by atoms with E-state index in [2.05, 4.69) is 49.2 Å². The van der Waals surface area contributed by atoms with Crippen LogP contribution in [-0.2, 0) is 4.84 Å². The Morgan fingerprint density at radius 3 is 2.46 bits per heavy atom. The molecule has 41 heavy (non-hydrogen) atoms. The van der Waals surface area contributed by atoms with E-state index >= 15 is 0 Å². The third-order valence-corrected chi connectivity index (χ3v) is 8.44. The quantitative estimate of drug-likeness (QED) is 0.443. The number of ether oxygens (including phenoxy) is 1. The van der Waals surface area contributed by atoms with E-state index in [1.54, 1.807) is 24.3 Å². The molecule has 0 amide bonds. The lowest BCUT2D eigenvalue weighted by Gasteiger charge is -2.42. The number of piperazine rings is 1. The molecule has 6 rings (SSSR count). The summed E-state index contributed by atoms with van der Waals surface area (Å²) in [4.78, 5) is 22.1. The average molecular weight is 566 g/mol. The standard InChI is InChI=1S/C30H37F2N7O2/c1-36-12-14-38(15-13-36)22-7-10-37(11-8-22)23-4-6-26(28(18-23)40-2)35-29-19-30(34-20-33-29)39-27(9-16-41-39)21-3-5-24(31)25(32)17-21/h3-6,17-20,22,27H,7-16H2,1-2H3,(H,33,34,35). The largest absolute Gasteiger partial charge is 0.494 e. The zero-order valence-corrected chi connectivity index (χ0v) is 23.6. The minimum atomic E-state index is -0.880. The number of aromatic nitrogens is 2. The number of likely N-dealkylation sites (N-methyl/N-ethyl adjacent to an activating group) is 1. The highest BCUT2D eigenvalue weighted by atomic mass is 19.2. The smallest absolute Gasteiger partial charge is 0.159 e. The van der Waals surface area contributed by atoms with Gasteiger partial charge in [0.1, 0.15) is 17.9 Å². The highest BCUT2D eigenvalue weighted by molar-refractivity contribution is 5.70. The first-order valence-corrected chi connectivity index (χ1v) is 14.3. The van der Waals surface area contributed by atoms with Crippen LogP contribution in [0.25, 0.3) is 0 Å². The van der Waals surface area contributed by atoms with Crippen LogP contribution in [0.5, 0.6) is 5.75 Å². The second-order valence-corrected chi connectivity index (χ2v) is 11.0. The first-order chi connectivity index (χ1) is 20.0. The fourth-order valence-electron chi connectivity index (χ4n) is 6.05. The summed E-state index contributed by atoms with van der Waals surface area (Å²) in [7, 11) is 3.87. The van der Waals surface area contributed by atoms with Crippen molar-refractivity contribution in [3.8, 4) is 5.75 Å². The number of hydrogen-bond donors (Lipinski definition) is 1. The van der Waals surface area contributed by atoms with E-state index in [1.807, 2.05) is 6.07 Å². The maximum Gasteiger partial charge on any atom is 0.159 e. The predicted molar refractivity (Wildman–Crippen MR) is 155 cm³/mol. The first kappa shape index (κ1) is 27.6. The topological polar surface area (TPSA) is 69.2 Å². The molecule has 1 atom stereocenters. The van der Waals surface area contributed by atoms with Crippen LogP contribution >= 0.6 is 0 Å². The van der Waals surface area contributed by atoms with Crippen LogP contribution in [0.1, 0.15) is 30.9 Å². The molecule has 4 heterocycles. The van der Waals surface area contributed by atoms with Crippen molar-refractivity contribution < 1.29 is 18.4 Å². The lowest BCUT2D eigenvalue weighted by atomic mass is 10.0. The number of methoxy groups -OCH3 is 1. The Morgan fingerprint density at radius 2 is 1.71 bits per heavy atom. The van der Waals surface area contributed by atoms with Gasteiger partial charge >= 0.3 is 0 Å². The van der Waals surface area contributed by atoms with Crippen molar-refractivity contribution in [2.75, 3.05) is 75.3 Å². The molecular formula is C30H37F2N7O2. The molecule has 11 heteroatoms. The molecule has 3 saturated heterocycles. The van der Waals surface area contributed by atoms with E-state index in [1.165, 1.54) is 25.2 Å². The van der Waals surface area contributed by atoms with E-state index < -0.39 is 11.6 Å². The van der Waals surface area contributed by atoms with Crippen LogP contribution in [0.4, 0.5) is 31.8 Å². The van der Waals surface area contributed by atoms with Crippen molar-refractivity contribution in [3.63, 3.8) is 0 Å². The van der Waals surface area contributed by atoms with Gasteiger partial charge in [-0.05, 0) is 49.7 Å². The molecule has 3 aliphatic heterocycles. The van der Waals surface area contributed by atoms with E-state index in [9.17, 15) is 8.78 Å². The number of benzene rings is 2. The Bertz CT molecular complexity index is 1350. The molecule has 3 aliphatic rings. The summed E-state index contributed by atoms with van der Waals surface area (Å²) >= 11 is 0. The van der Waals surface area contributed by atoms with Gasteiger partial charge in [-0.2, -0.15) is 0 Å². The summed E-state index contributed by atoms with van der Waals surface area (Å²) < 4.78 is 33.1. The Kier molecular flexibility index (Phi) is 8.18. The summed E-state index contributed by atoms with van der Waals surface area (Å²) in [6.45, 7) is 7.12. The van der Waals surface area contributed by atoms with Gasteiger partial charge < -0.3 is 19.9 Å². The summed E-state index contributed by atoms with van der Waals surface area (Å²) in [5.41, 5.74) is 2.56. The third-order valence-electron chi connectivity index (χ3n) is 8.44. The second kappa shape index (κ2) is 12.1.